The summed E-state index contributed by atoms with van der Waals surface area (Å²) in [6.45, 7) is 8.68. The fourth-order valence-corrected chi connectivity index (χ4v) is 3.62. The van der Waals surface area contributed by atoms with Crippen LogP contribution in [-0.2, 0) is 0 Å². The van der Waals surface area contributed by atoms with Gasteiger partial charge in [0.15, 0.2) is 0 Å². The number of ether oxygens (including phenoxy) is 2. The molecule has 0 saturated carbocycles. The van der Waals surface area contributed by atoms with E-state index in [1.165, 1.54) is 0 Å². The lowest BCUT2D eigenvalue weighted by Crippen LogP contribution is -2.30. The summed E-state index contributed by atoms with van der Waals surface area (Å²) >= 11 is 6.86. The Morgan fingerprint density at radius 3 is 1.48 bits per heavy atom. The number of carbonyl (C=O) groups is 2. The first-order valence-electron chi connectivity index (χ1n) is 10.2. The van der Waals surface area contributed by atoms with Gasteiger partial charge in [0.05, 0.1) is 21.2 Å². The molecule has 0 fully saturated rings. The molecule has 0 aliphatic carbocycles. The predicted molar refractivity (Wildman–Crippen MR) is 129 cm³/mol. The second kappa shape index (κ2) is 12.1. The van der Waals surface area contributed by atoms with Crippen LogP contribution in [0.15, 0.2) is 45.3 Å². The van der Waals surface area contributed by atoms with Gasteiger partial charge in [-0.2, -0.15) is 0 Å². The summed E-state index contributed by atoms with van der Waals surface area (Å²) in [6.07, 6.45) is 0.723. The van der Waals surface area contributed by atoms with Crippen LogP contribution in [0.5, 0.6) is 11.5 Å². The minimum atomic E-state index is -0.173. The largest absolute Gasteiger partial charge is 0.490 e. The molecule has 0 spiro atoms. The molecule has 2 N–H and O–H groups in total. The Kier molecular flexibility index (Phi) is 9.84. The number of hydrogen-bond acceptors (Lipinski definition) is 4. The molecular weight excluding hydrogens is 528 g/mol. The van der Waals surface area contributed by atoms with Crippen molar-refractivity contribution < 1.29 is 19.1 Å². The van der Waals surface area contributed by atoms with Crippen LogP contribution in [0.25, 0.3) is 0 Å². The highest BCUT2D eigenvalue weighted by atomic mass is 79.9. The van der Waals surface area contributed by atoms with Gasteiger partial charge in [-0.05, 0) is 102 Å². The molecule has 6 nitrogen and oxygen atoms in total. The maximum Gasteiger partial charge on any atom is 0.251 e. The maximum atomic E-state index is 12.3. The topological polar surface area (TPSA) is 76.7 Å². The van der Waals surface area contributed by atoms with Gasteiger partial charge in [0, 0.05) is 24.2 Å². The lowest BCUT2D eigenvalue weighted by atomic mass is 10.2. The minimum Gasteiger partial charge on any atom is -0.490 e. The first-order valence-corrected chi connectivity index (χ1v) is 11.7. The molecule has 2 aromatic rings. The van der Waals surface area contributed by atoms with E-state index in [0.717, 1.165) is 8.95 Å². The lowest BCUT2D eigenvalue weighted by molar-refractivity contribution is 0.0951. The summed E-state index contributed by atoms with van der Waals surface area (Å²) in [5.41, 5.74) is 1.08. The van der Waals surface area contributed by atoms with E-state index >= 15 is 0 Å². The summed E-state index contributed by atoms with van der Waals surface area (Å²) < 4.78 is 12.8. The molecule has 0 unspecified atom stereocenters. The van der Waals surface area contributed by atoms with Crippen molar-refractivity contribution in [1.82, 2.24) is 10.6 Å². The standard InChI is InChI=1S/C23H28Br2N2O4/c1-14(2)30-20-8-6-16(12-18(20)24)22(28)26-10-5-11-27-23(29)17-7-9-21(19(25)13-17)31-15(3)4/h6-9,12-15H,5,10-11H2,1-4H3,(H,26,28)(H,27,29). The Morgan fingerprint density at radius 2 is 1.16 bits per heavy atom. The molecule has 0 radical (unpaired) electrons. The van der Waals surface area contributed by atoms with E-state index in [0.29, 0.717) is 42.1 Å². The van der Waals surface area contributed by atoms with Gasteiger partial charge in [-0.25, -0.2) is 0 Å². The number of nitrogens with one attached hydrogen (secondary N) is 2. The van der Waals surface area contributed by atoms with E-state index in [9.17, 15) is 9.59 Å². The van der Waals surface area contributed by atoms with Crippen LogP contribution < -0.4 is 20.1 Å². The molecule has 31 heavy (non-hydrogen) atoms. The van der Waals surface area contributed by atoms with Crippen LogP contribution >= 0.6 is 31.9 Å². The highest BCUT2D eigenvalue weighted by Gasteiger charge is 2.11. The van der Waals surface area contributed by atoms with Crippen molar-refractivity contribution in [3.05, 3.63) is 56.5 Å². The third kappa shape index (κ3) is 8.18. The van der Waals surface area contributed by atoms with Gasteiger partial charge in [-0.1, -0.05) is 0 Å². The normalized spacial score (nSPS) is 10.8. The third-order valence-corrected chi connectivity index (χ3v) is 5.28. The molecule has 2 amide bonds. The molecule has 0 aromatic heterocycles. The van der Waals surface area contributed by atoms with Gasteiger partial charge in [-0.3, -0.25) is 9.59 Å². The van der Waals surface area contributed by atoms with Gasteiger partial charge in [-0.15, -0.1) is 0 Å². The average molecular weight is 556 g/mol. The number of halogens is 2. The number of hydrogen-bond donors (Lipinski definition) is 2. The van der Waals surface area contributed by atoms with Crippen LogP contribution in [0.1, 0.15) is 54.8 Å². The van der Waals surface area contributed by atoms with Crippen LogP contribution in [0.4, 0.5) is 0 Å². The predicted octanol–water partition coefficient (Wildman–Crippen LogP) is 5.34. The van der Waals surface area contributed by atoms with E-state index in [2.05, 4.69) is 42.5 Å². The maximum absolute atomic E-state index is 12.3. The molecule has 8 heteroatoms. The Morgan fingerprint density at radius 1 is 0.774 bits per heavy atom. The molecule has 168 valence electrons. The SMILES string of the molecule is CC(C)Oc1ccc(C(=O)NCCCNC(=O)c2ccc(OC(C)C)c(Br)c2)cc1Br. The smallest absolute Gasteiger partial charge is 0.251 e. The third-order valence-electron chi connectivity index (χ3n) is 4.04. The van der Waals surface area contributed by atoms with E-state index in [-0.39, 0.29) is 24.0 Å². The monoisotopic (exact) mass is 554 g/mol. The Balaban J connectivity index is 1.76. The zero-order chi connectivity index (χ0) is 23.0. The fourth-order valence-electron chi connectivity index (χ4n) is 2.68. The van der Waals surface area contributed by atoms with Crippen LogP contribution in [0.2, 0.25) is 0 Å². The summed E-state index contributed by atoms with van der Waals surface area (Å²) in [7, 11) is 0. The van der Waals surface area contributed by atoms with E-state index < -0.39 is 0 Å². The first kappa shape index (κ1) is 25.2. The molecule has 0 aliphatic rings. The number of rotatable bonds is 10. The van der Waals surface area contributed by atoms with Crippen molar-refractivity contribution >= 4 is 43.7 Å². The number of carbonyl (C=O) groups excluding carboxylic acids is 2. The molecule has 2 aromatic carbocycles. The van der Waals surface area contributed by atoms with E-state index in [1.54, 1.807) is 36.4 Å². The fraction of sp³-hybridized carbons (Fsp3) is 0.391. The van der Waals surface area contributed by atoms with Crippen LogP contribution in [0, 0.1) is 0 Å². The van der Waals surface area contributed by atoms with Gasteiger partial charge in [0.1, 0.15) is 11.5 Å². The molecule has 2 rings (SSSR count). The second-order valence-corrected chi connectivity index (χ2v) is 9.20. The van der Waals surface area contributed by atoms with Gasteiger partial charge < -0.3 is 20.1 Å². The Bertz CT molecular complexity index is 843. The minimum absolute atomic E-state index is 0.0543. The lowest BCUT2D eigenvalue weighted by Gasteiger charge is -2.13. The molecule has 0 heterocycles. The summed E-state index contributed by atoms with van der Waals surface area (Å²) in [5.74, 6) is 1.05. The van der Waals surface area contributed by atoms with Crippen molar-refractivity contribution in [3.63, 3.8) is 0 Å². The molecule has 0 aliphatic heterocycles. The second-order valence-electron chi connectivity index (χ2n) is 7.49. The van der Waals surface area contributed by atoms with Gasteiger partial charge >= 0.3 is 0 Å². The van der Waals surface area contributed by atoms with E-state index in [1.807, 2.05) is 27.7 Å². The average Bonchev–Trinajstić information content (AvgIpc) is 2.69. The molecular formula is C23H28Br2N2O4. The zero-order valence-corrected chi connectivity index (χ0v) is 21.3. The van der Waals surface area contributed by atoms with Crippen molar-refractivity contribution in [2.45, 2.75) is 46.3 Å². The first-order chi connectivity index (χ1) is 14.7. The van der Waals surface area contributed by atoms with Gasteiger partial charge in [0.2, 0.25) is 0 Å². The highest BCUT2D eigenvalue weighted by molar-refractivity contribution is 9.10. The van der Waals surface area contributed by atoms with Crippen molar-refractivity contribution in [2.24, 2.45) is 0 Å². The Hall–Kier alpha value is -2.06. The van der Waals surface area contributed by atoms with Gasteiger partial charge in [0.25, 0.3) is 11.8 Å². The highest BCUT2D eigenvalue weighted by Crippen LogP contribution is 2.27. The van der Waals surface area contributed by atoms with Crippen molar-refractivity contribution in [1.29, 1.82) is 0 Å². The van der Waals surface area contributed by atoms with E-state index in [4.69, 9.17) is 9.47 Å². The van der Waals surface area contributed by atoms with Crippen LogP contribution in [0.3, 0.4) is 0 Å². The summed E-state index contributed by atoms with van der Waals surface area (Å²) in [6, 6.07) is 10.5. The van der Waals surface area contributed by atoms with Crippen molar-refractivity contribution in [2.75, 3.05) is 13.1 Å². The zero-order valence-electron chi connectivity index (χ0n) is 18.1. The Labute approximate surface area is 200 Å². The van der Waals surface area contributed by atoms with Crippen molar-refractivity contribution in [3.8, 4) is 11.5 Å². The molecule has 0 atom stereocenters. The molecule has 0 bridgehead atoms. The number of benzene rings is 2. The molecule has 0 saturated heterocycles. The van der Waals surface area contributed by atoms with Crippen LogP contribution in [-0.4, -0.2) is 37.1 Å². The number of amides is 2. The summed E-state index contributed by atoms with van der Waals surface area (Å²) in [5, 5.41) is 5.72. The summed E-state index contributed by atoms with van der Waals surface area (Å²) in [4.78, 5) is 24.6. The quantitative estimate of drug-likeness (QED) is 0.388.